The number of amides is 1. The summed E-state index contributed by atoms with van der Waals surface area (Å²) in [6.07, 6.45) is 1.48. The van der Waals surface area contributed by atoms with Crippen molar-refractivity contribution in [1.82, 2.24) is 4.72 Å². The Bertz CT molecular complexity index is 778. The number of hydrogen-bond donors (Lipinski definition) is 1. The summed E-state index contributed by atoms with van der Waals surface area (Å²) in [6.45, 7) is 1.40. The summed E-state index contributed by atoms with van der Waals surface area (Å²) in [4.78, 5) is 24.1. The van der Waals surface area contributed by atoms with Gasteiger partial charge in [0.15, 0.2) is 5.78 Å². The fourth-order valence-corrected chi connectivity index (χ4v) is 3.77. The number of carbonyl (C=O) groups excluding carboxylic acids is 2. The standard InChI is InChI=1S/C16H17NO4S2/c1-12(18)13-7-9-15(10-8-13)23(20,21)17-16(19)6-2-4-14-5-3-11-22-14/h3,5,7-11H,2,4,6H2,1H3,(H,17,19). The van der Waals surface area contributed by atoms with Crippen LogP contribution < -0.4 is 4.72 Å². The molecule has 0 aliphatic rings. The molecule has 1 heterocycles. The van der Waals surface area contributed by atoms with Crippen molar-refractivity contribution in [3.63, 3.8) is 0 Å². The van der Waals surface area contributed by atoms with Crippen molar-refractivity contribution in [2.24, 2.45) is 0 Å². The molecular weight excluding hydrogens is 334 g/mol. The predicted octanol–water partition coefficient (Wildman–Crippen LogP) is 2.78. The Hall–Kier alpha value is -1.99. The summed E-state index contributed by atoms with van der Waals surface area (Å²) >= 11 is 1.61. The van der Waals surface area contributed by atoms with Crippen LogP contribution in [0.3, 0.4) is 0 Å². The summed E-state index contributed by atoms with van der Waals surface area (Å²) in [7, 11) is -3.89. The molecule has 1 N–H and O–H groups in total. The van der Waals surface area contributed by atoms with E-state index in [1.54, 1.807) is 11.3 Å². The molecule has 2 aromatic rings. The Morgan fingerprint density at radius 3 is 2.39 bits per heavy atom. The molecule has 7 heteroatoms. The van der Waals surface area contributed by atoms with Crippen LogP contribution in [0.25, 0.3) is 0 Å². The van der Waals surface area contributed by atoms with Gasteiger partial charge in [-0.1, -0.05) is 18.2 Å². The minimum absolute atomic E-state index is 0.0332. The molecule has 23 heavy (non-hydrogen) atoms. The second kappa shape index (κ2) is 7.52. The molecule has 0 unspecified atom stereocenters. The van der Waals surface area contributed by atoms with Gasteiger partial charge in [-0.25, -0.2) is 13.1 Å². The van der Waals surface area contributed by atoms with Gasteiger partial charge >= 0.3 is 0 Å². The van der Waals surface area contributed by atoms with E-state index in [2.05, 4.69) is 4.72 Å². The lowest BCUT2D eigenvalue weighted by molar-refractivity contribution is -0.119. The van der Waals surface area contributed by atoms with E-state index in [0.717, 1.165) is 6.42 Å². The molecule has 122 valence electrons. The Morgan fingerprint density at radius 2 is 1.83 bits per heavy atom. The average molecular weight is 351 g/mol. The molecule has 0 atom stereocenters. The highest BCUT2D eigenvalue weighted by Crippen LogP contribution is 2.13. The fraction of sp³-hybridized carbons (Fsp3) is 0.250. The molecule has 0 saturated heterocycles. The molecule has 5 nitrogen and oxygen atoms in total. The Labute approximate surface area is 139 Å². The molecule has 2 rings (SSSR count). The minimum atomic E-state index is -3.89. The maximum absolute atomic E-state index is 12.1. The van der Waals surface area contributed by atoms with E-state index >= 15 is 0 Å². The first-order chi connectivity index (χ1) is 10.9. The van der Waals surface area contributed by atoms with Crippen molar-refractivity contribution in [3.8, 4) is 0 Å². The normalized spacial score (nSPS) is 11.2. The number of benzene rings is 1. The van der Waals surface area contributed by atoms with Gasteiger partial charge in [-0.3, -0.25) is 9.59 Å². The number of carbonyl (C=O) groups is 2. The molecule has 0 aliphatic carbocycles. The van der Waals surface area contributed by atoms with Crippen LogP contribution in [0, 0.1) is 0 Å². The van der Waals surface area contributed by atoms with Crippen molar-refractivity contribution in [1.29, 1.82) is 0 Å². The minimum Gasteiger partial charge on any atom is -0.295 e. The van der Waals surface area contributed by atoms with Crippen molar-refractivity contribution >= 4 is 33.1 Å². The highest BCUT2D eigenvalue weighted by molar-refractivity contribution is 7.90. The number of rotatable bonds is 7. The van der Waals surface area contributed by atoms with Crippen molar-refractivity contribution in [2.45, 2.75) is 31.1 Å². The van der Waals surface area contributed by atoms with Crippen LogP contribution in [0.4, 0.5) is 0 Å². The monoisotopic (exact) mass is 351 g/mol. The third kappa shape index (κ3) is 5.01. The third-order valence-corrected chi connectivity index (χ3v) is 5.55. The molecule has 0 saturated carbocycles. The van der Waals surface area contributed by atoms with Gasteiger partial charge in [0.2, 0.25) is 5.91 Å². The average Bonchev–Trinajstić information content (AvgIpc) is 3.00. The van der Waals surface area contributed by atoms with E-state index in [0.29, 0.717) is 12.0 Å². The first kappa shape index (κ1) is 17.4. The number of Topliss-reactive ketones (excluding diaryl/α,β-unsaturated/α-hetero) is 1. The van der Waals surface area contributed by atoms with Gasteiger partial charge < -0.3 is 0 Å². The Kier molecular flexibility index (Phi) is 5.68. The van der Waals surface area contributed by atoms with Crippen molar-refractivity contribution < 1.29 is 18.0 Å². The molecule has 1 amide bonds. The second-order valence-corrected chi connectivity index (χ2v) is 7.76. The highest BCUT2D eigenvalue weighted by atomic mass is 32.2. The van der Waals surface area contributed by atoms with E-state index in [1.165, 1.54) is 36.1 Å². The van der Waals surface area contributed by atoms with Crippen LogP contribution >= 0.6 is 11.3 Å². The molecule has 0 bridgehead atoms. The number of nitrogens with one attached hydrogen (secondary N) is 1. The first-order valence-corrected chi connectivity index (χ1v) is 9.44. The van der Waals surface area contributed by atoms with E-state index < -0.39 is 15.9 Å². The summed E-state index contributed by atoms with van der Waals surface area (Å²) in [5.74, 6) is -0.677. The Balaban J connectivity index is 1.91. The maximum atomic E-state index is 12.1. The van der Waals surface area contributed by atoms with E-state index in [-0.39, 0.29) is 17.1 Å². The first-order valence-electron chi connectivity index (χ1n) is 7.07. The van der Waals surface area contributed by atoms with Gasteiger partial charge in [-0.05, 0) is 43.3 Å². The fourth-order valence-electron chi connectivity index (χ4n) is 2.01. The number of hydrogen-bond acceptors (Lipinski definition) is 5. The van der Waals surface area contributed by atoms with Crippen LogP contribution in [-0.2, 0) is 21.2 Å². The van der Waals surface area contributed by atoms with Crippen LogP contribution in [0.2, 0.25) is 0 Å². The molecule has 0 spiro atoms. The summed E-state index contributed by atoms with van der Waals surface area (Å²) < 4.78 is 26.3. The van der Waals surface area contributed by atoms with Gasteiger partial charge in [-0.15, -0.1) is 11.3 Å². The highest BCUT2D eigenvalue weighted by Gasteiger charge is 2.17. The van der Waals surface area contributed by atoms with Gasteiger partial charge in [-0.2, -0.15) is 0 Å². The zero-order chi connectivity index (χ0) is 16.9. The Morgan fingerprint density at radius 1 is 1.13 bits per heavy atom. The summed E-state index contributed by atoms with van der Waals surface area (Å²) in [6, 6.07) is 9.41. The zero-order valence-electron chi connectivity index (χ0n) is 12.6. The molecule has 0 fully saturated rings. The van der Waals surface area contributed by atoms with E-state index in [9.17, 15) is 18.0 Å². The van der Waals surface area contributed by atoms with Crippen molar-refractivity contribution in [2.75, 3.05) is 0 Å². The van der Waals surface area contributed by atoms with E-state index in [1.807, 2.05) is 17.5 Å². The molecule has 0 aliphatic heterocycles. The molecule has 0 radical (unpaired) electrons. The van der Waals surface area contributed by atoms with Gasteiger partial charge in [0.05, 0.1) is 4.90 Å². The molecular formula is C16H17NO4S2. The number of thiophene rings is 1. The topological polar surface area (TPSA) is 80.3 Å². The summed E-state index contributed by atoms with van der Waals surface area (Å²) in [5, 5.41) is 1.96. The van der Waals surface area contributed by atoms with Crippen LogP contribution in [0.15, 0.2) is 46.7 Å². The molecule has 1 aromatic carbocycles. The lowest BCUT2D eigenvalue weighted by Crippen LogP contribution is -2.30. The quantitative estimate of drug-likeness (QED) is 0.778. The predicted molar refractivity (Wildman–Crippen MR) is 89.0 cm³/mol. The van der Waals surface area contributed by atoms with Crippen LogP contribution in [-0.4, -0.2) is 20.1 Å². The van der Waals surface area contributed by atoms with Crippen LogP contribution in [0.1, 0.15) is 35.0 Å². The zero-order valence-corrected chi connectivity index (χ0v) is 14.2. The lowest BCUT2D eigenvalue weighted by Gasteiger charge is -2.07. The lowest BCUT2D eigenvalue weighted by atomic mass is 10.2. The van der Waals surface area contributed by atoms with Gasteiger partial charge in [0.1, 0.15) is 0 Å². The van der Waals surface area contributed by atoms with Gasteiger partial charge in [0.25, 0.3) is 10.0 Å². The number of aryl methyl sites for hydroxylation is 1. The summed E-state index contributed by atoms with van der Waals surface area (Å²) in [5.41, 5.74) is 0.422. The third-order valence-electron chi connectivity index (χ3n) is 3.23. The smallest absolute Gasteiger partial charge is 0.264 e. The maximum Gasteiger partial charge on any atom is 0.264 e. The largest absolute Gasteiger partial charge is 0.295 e. The molecule has 1 aromatic heterocycles. The number of ketones is 1. The van der Waals surface area contributed by atoms with Gasteiger partial charge in [0, 0.05) is 16.9 Å². The van der Waals surface area contributed by atoms with E-state index in [4.69, 9.17) is 0 Å². The van der Waals surface area contributed by atoms with Crippen LogP contribution in [0.5, 0.6) is 0 Å². The second-order valence-electron chi connectivity index (χ2n) is 5.04. The van der Waals surface area contributed by atoms with Crippen molar-refractivity contribution in [3.05, 3.63) is 52.2 Å². The number of sulfonamides is 1. The SMILES string of the molecule is CC(=O)c1ccc(S(=O)(=O)NC(=O)CCCc2cccs2)cc1.